The molecule has 24 heavy (non-hydrogen) atoms. The number of hydrogen-bond donors (Lipinski definition) is 2. The molecule has 0 bridgehead atoms. The molecule has 1 heterocycles. The van der Waals surface area contributed by atoms with Crippen molar-refractivity contribution in [3.63, 3.8) is 0 Å². The number of thiophene rings is 1. The Kier molecular flexibility index (Phi) is 6.09. The summed E-state index contributed by atoms with van der Waals surface area (Å²) in [7, 11) is 0. The van der Waals surface area contributed by atoms with Crippen LogP contribution in [0.2, 0.25) is 0 Å². The van der Waals surface area contributed by atoms with E-state index in [1.54, 1.807) is 11.3 Å². The first-order valence-corrected chi connectivity index (χ1v) is 8.53. The van der Waals surface area contributed by atoms with Crippen molar-refractivity contribution < 1.29 is 19.1 Å². The lowest BCUT2D eigenvalue weighted by Crippen LogP contribution is -2.12. The van der Waals surface area contributed by atoms with Crippen LogP contribution in [0.25, 0.3) is 0 Å². The first-order chi connectivity index (χ1) is 11.3. The van der Waals surface area contributed by atoms with Crippen molar-refractivity contribution in [2.24, 2.45) is 0 Å². The van der Waals surface area contributed by atoms with Gasteiger partial charge >= 0.3 is 5.97 Å². The fourth-order valence-corrected chi connectivity index (χ4v) is 3.50. The van der Waals surface area contributed by atoms with Crippen LogP contribution in [-0.2, 0) is 22.4 Å². The van der Waals surface area contributed by atoms with Crippen molar-refractivity contribution in [2.75, 3.05) is 5.32 Å². The molecule has 1 aromatic heterocycles. The smallest absolute Gasteiger partial charge is 0.307 e. The number of nitrogens with one attached hydrogen (secondary N) is 1. The molecule has 0 saturated carbocycles. The molecular formula is C18H20FNO3S. The van der Waals surface area contributed by atoms with Crippen LogP contribution in [0.3, 0.4) is 0 Å². The van der Waals surface area contributed by atoms with Gasteiger partial charge in [-0.15, -0.1) is 11.3 Å². The normalized spacial score (nSPS) is 10.6. The Bertz CT molecular complexity index is 755. The van der Waals surface area contributed by atoms with Gasteiger partial charge in [-0.3, -0.25) is 9.59 Å². The molecule has 0 aliphatic rings. The number of anilines is 1. The maximum absolute atomic E-state index is 13.8. The molecule has 0 radical (unpaired) electrons. The third-order valence-electron chi connectivity index (χ3n) is 3.67. The van der Waals surface area contributed by atoms with Crippen LogP contribution >= 0.6 is 11.3 Å². The number of carbonyl (C=O) groups is 2. The number of hydrogen-bond acceptors (Lipinski definition) is 3. The number of carboxylic acids is 1. The van der Waals surface area contributed by atoms with E-state index in [0.717, 1.165) is 18.9 Å². The fourth-order valence-electron chi connectivity index (χ4n) is 2.53. The maximum Gasteiger partial charge on any atom is 0.307 e. The molecular weight excluding hydrogens is 329 g/mol. The van der Waals surface area contributed by atoms with Crippen LogP contribution < -0.4 is 5.32 Å². The van der Waals surface area contributed by atoms with Crippen LogP contribution in [0.1, 0.15) is 33.7 Å². The minimum atomic E-state index is -1.09. The monoisotopic (exact) mass is 349 g/mol. The van der Waals surface area contributed by atoms with Crippen molar-refractivity contribution in [3.8, 4) is 0 Å². The second-order valence-electron chi connectivity index (χ2n) is 5.72. The topological polar surface area (TPSA) is 66.4 Å². The number of carboxylic acid groups (broad SMARTS) is 1. The van der Waals surface area contributed by atoms with E-state index in [4.69, 9.17) is 5.11 Å². The van der Waals surface area contributed by atoms with E-state index in [1.165, 1.54) is 27.5 Å². The van der Waals surface area contributed by atoms with E-state index in [1.807, 2.05) is 0 Å². The standard InChI is InChI=1S/C18H20FNO3S/c1-11-8-13(12(2)24-11)4-3-5-17(21)20-15-7-6-14(9-18(22)23)16(19)10-15/h6-8,10H,3-5,9H2,1-2H3,(H,20,21)(H,22,23). The Balaban J connectivity index is 1.85. The first kappa shape index (κ1) is 18.1. The fraction of sp³-hybridized carbons (Fsp3) is 0.333. The van der Waals surface area contributed by atoms with Gasteiger partial charge in [0.05, 0.1) is 6.42 Å². The highest BCUT2D eigenvalue weighted by Gasteiger charge is 2.10. The number of halogens is 1. The second kappa shape index (κ2) is 8.06. The van der Waals surface area contributed by atoms with Gasteiger partial charge in [0.15, 0.2) is 0 Å². The number of aryl methyl sites for hydroxylation is 3. The summed E-state index contributed by atoms with van der Waals surface area (Å²) in [4.78, 5) is 25.1. The summed E-state index contributed by atoms with van der Waals surface area (Å²) in [5.41, 5.74) is 1.72. The molecule has 0 aliphatic carbocycles. The van der Waals surface area contributed by atoms with E-state index in [2.05, 4.69) is 25.2 Å². The summed E-state index contributed by atoms with van der Waals surface area (Å²) < 4.78 is 13.8. The van der Waals surface area contributed by atoms with Crippen molar-refractivity contribution in [2.45, 2.75) is 39.5 Å². The van der Waals surface area contributed by atoms with Crippen LogP contribution in [-0.4, -0.2) is 17.0 Å². The lowest BCUT2D eigenvalue weighted by molar-refractivity contribution is -0.136. The average Bonchev–Trinajstić information content (AvgIpc) is 2.79. The lowest BCUT2D eigenvalue weighted by atomic mass is 10.1. The molecule has 1 amide bonds. The largest absolute Gasteiger partial charge is 0.481 e. The molecule has 2 aromatic rings. The zero-order chi connectivity index (χ0) is 17.7. The van der Waals surface area contributed by atoms with Gasteiger partial charge in [-0.05, 0) is 56.0 Å². The molecule has 128 valence electrons. The van der Waals surface area contributed by atoms with Gasteiger partial charge in [0.2, 0.25) is 5.91 Å². The van der Waals surface area contributed by atoms with Gasteiger partial charge in [0, 0.05) is 21.9 Å². The summed E-state index contributed by atoms with van der Waals surface area (Å²) >= 11 is 1.75. The predicted octanol–water partition coefficient (Wildman–Crippen LogP) is 4.09. The zero-order valence-corrected chi connectivity index (χ0v) is 14.5. The number of amides is 1. The average molecular weight is 349 g/mol. The third kappa shape index (κ3) is 5.16. The Labute approximate surface area is 144 Å². The molecule has 0 saturated heterocycles. The van der Waals surface area contributed by atoms with Gasteiger partial charge in [-0.1, -0.05) is 6.07 Å². The number of benzene rings is 1. The molecule has 0 spiro atoms. The summed E-state index contributed by atoms with van der Waals surface area (Å²) in [6, 6.07) is 6.21. The summed E-state index contributed by atoms with van der Waals surface area (Å²) in [5, 5.41) is 11.3. The van der Waals surface area contributed by atoms with Gasteiger partial charge in [0.25, 0.3) is 0 Å². The molecule has 4 nitrogen and oxygen atoms in total. The zero-order valence-electron chi connectivity index (χ0n) is 13.7. The van der Waals surface area contributed by atoms with E-state index in [0.29, 0.717) is 12.1 Å². The molecule has 0 aliphatic heterocycles. The van der Waals surface area contributed by atoms with Crippen molar-refractivity contribution >= 4 is 28.9 Å². The molecule has 2 N–H and O–H groups in total. The minimum Gasteiger partial charge on any atom is -0.481 e. The second-order valence-corrected chi connectivity index (χ2v) is 7.18. The van der Waals surface area contributed by atoms with Crippen molar-refractivity contribution in [3.05, 3.63) is 51.0 Å². The summed E-state index contributed by atoms with van der Waals surface area (Å²) in [6.07, 6.45) is 1.55. The quantitative estimate of drug-likeness (QED) is 0.791. The van der Waals surface area contributed by atoms with E-state index in [-0.39, 0.29) is 17.9 Å². The Hall–Kier alpha value is -2.21. The molecule has 6 heteroatoms. The number of aliphatic carboxylic acids is 1. The predicted molar refractivity (Wildman–Crippen MR) is 93.1 cm³/mol. The van der Waals surface area contributed by atoms with Crippen LogP contribution in [0.5, 0.6) is 0 Å². The Morgan fingerprint density at radius 3 is 2.54 bits per heavy atom. The molecule has 1 aromatic carbocycles. The van der Waals surface area contributed by atoms with Gasteiger partial charge in [-0.25, -0.2) is 4.39 Å². The van der Waals surface area contributed by atoms with E-state index in [9.17, 15) is 14.0 Å². The third-order valence-corrected chi connectivity index (χ3v) is 4.68. The number of carbonyl (C=O) groups excluding carboxylic acids is 1. The highest BCUT2D eigenvalue weighted by atomic mass is 32.1. The highest BCUT2D eigenvalue weighted by Crippen LogP contribution is 2.22. The van der Waals surface area contributed by atoms with Gasteiger partial charge in [0.1, 0.15) is 5.82 Å². The van der Waals surface area contributed by atoms with E-state index >= 15 is 0 Å². The summed E-state index contributed by atoms with van der Waals surface area (Å²) in [5.74, 6) is -1.89. The summed E-state index contributed by atoms with van der Waals surface area (Å²) in [6.45, 7) is 4.14. The lowest BCUT2D eigenvalue weighted by Gasteiger charge is -2.07. The minimum absolute atomic E-state index is 0.101. The first-order valence-electron chi connectivity index (χ1n) is 7.71. The van der Waals surface area contributed by atoms with E-state index < -0.39 is 11.8 Å². The molecule has 0 atom stereocenters. The Morgan fingerprint density at radius 2 is 1.96 bits per heavy atom. The van der Waals surface area contributed by atoms with Crippen molar-refractivity contribution in [1.29, 1.82) is 0 Å². The Morgan fingerprint density at radius 1 is 1.21 bits per heavy atom. The van der Waals surface area contributed by atoms with Crippen LogP contribution in [0, 0.1) is 19.7 Å². The molecule has 0 fully saturated rings. The van der Waals surface area contributed by atoms with Gasteiger partial charge < -0.3 is 10.4 Å². The number of rotatable bonds is 7. The molecule has 0 unspecified atom stereocenters. The molecule has 2 rings (SSSR count). The highest BCUT2D eigenvalue weighted by molar-refractivity contribution is 7.12. The van der Waals surface area contributed by atoms with Crippen molar-refractivity contribution in [1.82, 2.24) is 0 Å². The van der Waals surface area contributed by atoms with Gasteiger partial charge in [-0.2, -0.15) is 0 Å². The SMILES string of the molecule is Cc1cc(CCCC(=O)Nc2ccc(CC(=O)O)c(F)c2)c(C)s1. The van der Waals surface area contributed by atoms with Crippen LogP contribution in [0.4, 0.5) is 10.1 Å². The maximum atomic E-state index is 13.8. The van der Waals surface area contributed by atoms with Crippen LogP contribution in [0.15, 0.2) is 24.3 Å².